The number of hydrogen-bond acceptors (Lipinski definition) is 4. The van der Waals surface area contributed by atoms with Crippen LogP contribution in [0.1, 0.15) is 19.2 Å². The maximum Gasteiger partial charge on any atom is 0.221 e. The van der Waals surface area contributed by atoms with Crippen LogP contribution >= 0.6 is 0 Å². The van der Waals surface area contributed by atoms with Gasteiger partial charge in [0.15, 0.2) is 0 Å². The predicted molar refractivity (Wildman–Crippen MR) is 60.9 cm³/mol. The van der Waals surface area contributed by atoms with Crippen LogP contribution in [0.3, 0.4) is 0 Å². The monoisotopic (exact) mass is 225 g/mol. The van der Waals surface area contributed by atoms with E-state index in [2.05, 4.69) is 20.8 Å². The SMILES string of the molecule is CCNC(=O)CCNCCc1nncn1C. The van der Waals surface area contributed by atoms with Crippen LogP contribution in [0.4, 0.5) is 0 Å². The molecule has 90 valence electrons. The molecule has 6 nitrogen and oxygen atoms in total. The highest BCUT2D eigenvalue weighted by atomic mass is 16.1. The van der Waals surface area contributed by atoms with Crippen molar-refractivity contribution in [1.29, 1.82) is 0 Å². The fourth-order valence-electron chi connectivity index (χ4n) is 1.35. The summed E-state index contributed by atoms with van der Waals surface area (Å²) in [6.45, 7) is 4.12. The molecule has 0 unspecified atom stereocenters. The molecule has 1 heterocycles. The standard InChI is InChI=1S/C10H19N5O/c1-3-12-10(16)5-7-11-6-4-9-14-13-8-15(9)2/h8,11H,3-7H2,1-2H3,(H,12,16). The molecular weight excluding hydrogens is 206 g/mol. The molecule has 6 heteroatoms. The zero-order chi connectivity index (χ0) is 11.8. The fourth-order valence-corrected chi connectivity index (χ4v) is 1.35. The highest BCUT2D eigenvalue weighted by Gasteiger charge is 2.01. The van der Waals surface area contributed by atoms with Gasteiger partial charge in [-0.2, -0.15) is 0 Å². The Hall–Kier alpha value is -1.43. The number of rotatable bonds is 7. The molecule has 16 heavy (non-hydrogen) atoms. The van der Waals surface area contributed by atoms with Crippen molar-refractivity contribution in [3.63, 3.8) is 0 Å². The molecule has 0 saturated carbocycles. The van der Waals surface area contributed by atoms with Gasteiger partial charge in [-0.25, -0.2) is 0 Å². The summed E-state index contributed by atoms with van der Waals surface area (Å²) < 4.78 is 1.89. The Morgan fingerprint density at radius 2 is 2.31 bits per heavy atom. The second-order valence-corrected chi connectivity index (χ2v) is 3.56. The van der Waals surface area contributed by atoms with Gasteiger partial charge in [0.1, 0.15) is 12.2 Å². The Labute approximate surface area is 95.4 Å². The van der Waals surface area contributed by atoms with E-state index >= 15 is 0 Å². The first-order chi connectivity index (χ1) is 7.74. The summed E-state index contributed by atoms with van der Waals surface area (Å²) in [4.78, 5) is 11.1. The highest BCUT2D eigenvalue weighted by Crippen LogP contribution is 1.91. The molecule has 1 aromatic heterocycles. The molecule has 0 aliphatic heterocycles. The van der Waals surface area contributed by atoms with Crippen molar-refractivity contribution in [1.82, 2.24) is 25.4 Å². The average Bonchev–Trinajstić information content (AvgIpc) is 2.64. The number of carbonyl (C=O) groups is 1. The molecule has 0 aliphatic rings. The molecule has 0 spiro atoms. The van der Waals surface area contributed by atoms with Gasteiger partial charge >= 0.3 is 0 Å². The number of nitrogens with one attached hydrogen (secondary N) is 2. The topological polar surface area (TPSA) is 71.8 Å². The lowest BCUT2D eigenvalue weighted by Gasteiger charge is -2.04. The van der Waals surface area contributed by atoms with Gasteiger partial charge in [0, 0.05) is 39.5 Å². The van der Waals surface area contributed by atoms with Crippen LogP contribution in [0.15, 0.2) is 6.33 Å². The third-order valence-electron chi connectivity index (χ3n) is 2.23. The molecule has 0 aliphatic carbocycles. The molecule has 1 amide bonds. The number of hydrogen-bond donors (Lipinski definition) is 2. The van der Waals surface area contributed by atoms with Crippen LogP contribution in [0.5, 0.6) is 0 Å². The van der Waals surface area contributed by atoms with Crippen molar-refractivity contribution in [3.8, 4) is 0 Å². The maximum absolute atomic E-state index is 11.1. The number of aromatic nitrogens is 3. The third kappa shape index (κ3) is 4.39. The van der Waals surface area contributed by atoms with E-state index in [0.29, 0.717) is 19.5 Å². The van der Waals surface area contributed by atoms with E-state index in [1.165, 1.54) is 0 Å². The molecule has 0 radical (unpaired) electrons. The Balaban J connectivity index is 2.04. The van der Waals surface area contributed by atoms with Crippen LogP contribution in [0, 0.1) is 0 Å². The van der Waals surface area contributed by atoms with E-state index in [1.54, 1.807) is 6.33 Å². The Bertz CT molecular complexity index is 323. The number of carbonyl (C=O) groups excluding carboxylic acids is 1. The van der Waals surface area contributed by atoms with E-state index in [4.69, 9.17) is 0 Å². The van der Waals surface area contributed by atoms with Crippen molar-refractivity contribution >= 4 is 5.91 Å². The van der Waals surface area contributed by atoms with Gasteiger partial charge in [0.25, 0.3) is 0 Å². The molecule has 0 atom stereocenters. The molecule has 0 saturated heterocycles. The minimum absolute atomic E-state index is 0.0914. The van der Waals surface area contributed by atoms with Gasteiger partial charge in [0.2, 0.25) is 5.91 Å². The maximum atomic E-state index is 11.1. The molecule has 1 rings (SSSR count). The molecule has 0 bridgehead atoms. The summed E-state index contributed by atoms with van der Waals surface area (Å²) in [6.07, 6.45) is 3.03. The second kappa shape index (κ2) is 6.95. The summed E-state index contributed by atoms with van der Waals surface area (Å²) in [6, 6.07) is 0. The van der Waals surface area contributed by atoms with Crippen LogP contribution in [-0.4, -0.2) is 40.3 Å². The lowest BCUT2D eigenvalue weighted by Crippen LogP contribution is -2.28. The molecule has 0 fully saturated rings. The minimum atomic E-state index is 0.0914. The Morgan fingerprint density at radius 1 is 1.50 bits per heavy atom. The first-order valence-corrected chi connectivity index (χ1v) is 5.54. The summed E-state index contributed by atoms with van der Waals surface area (Å²) >= 11 is 0. The molecule has 0 aromatic carbocycles. The minimum Gasteiger partial charge on any atom is -0.356 e. The van der Waals surface area contributed by atoms with Crippen molar-refractivity contribution in [2.75, 3.05) is 19.6 Å². The number of aryl methyl sites for hydroxylation is 1. The first-order valence-electron chi connectivity index (χ1n) is 5.54. The normalized spacial score (nSPS) is 10.4. The largest absolute Gasteiger partial charge is 0.356 e. The van der Waals surface area contributed by atoms with E-state index in [0.717, 1.165) is 18.8 Å². The lowest BCUT2D eigenvalue weighted by atomic mass is 10.3. The van der Waals surface area contributed by atoms with Gasteiger partial charge in [-0.05, 0) is 6.92 Å². The molecule has 2 N–H and O–H groups in total. The van der Waals surface area contributed by atoms with Gasteiger partial charge in [-0.1, -0.05) is 0 Å². The third-order valence-corrected chi connectivity index (χ3v) is 2.23. The summed E-state index contributed by atoms with van der Waals surface area (Å²) in [5.41, 5.74) is 0. The van der Waals surface area contributed by atoms with Crippen LogP contribution in [-0.2, 0) is 18.3 Å². The zero-order valence-electron chi connectivity index (χ0n) is 9.86. The van der Waals surface area contributed by atoms with E-state index < -0.39 is 0 Å². The molecule has 1 aromatic rings. The van der Waals surface area contributed by atoms with Gasteiger partial charge in [-0.3, -0.25) is 4.79 Å². The van der Waals surface area contributed by atoms with Gasteiger partial charge in [-0.15, -0.1) is 10.2 Å². The van der Waals surface area contributed by atoms with Gasteiger partial charge < -0.3 is 15.2 Å². The lowest BCUT2D eigenvalue weighted by molar-refractivity contribution is -0.120. The summed E-state index contributed by atoms with van der Waals surface area (Å²) in [7, 11) is 1.92. The van der Waals surface area contributed by atoms with E-state index in [-0.39, 0.29) is 5.91 Å². The molecular formula is C10H19N5O. The average molecular weight is 225 g/mol. The zero-order valence-corrected chi connectivity index (χ0v) is 9.86. The first kappa shape index (κ1) is 12.6. The van der Waals surface area contributed by atoms with Gasteiger partial charge in [0.05, 0.1) is 0 Å². The van der Waals surface area contributed by atoms with Crippen molar-refractivity contribution in [2.45, 2.75) is 19.8 Å². The van der Waals surface area contributed by atoms with Crippen molar-refractivity contribution in [3.05, 3.63) is 12.2 Å². The van der Waals surface area contributed by atoms with Crippen LogP contribution in [0.25, 0.3) is 0 Å². The second-order valence-electron chi connectivity index (χ2n) is 3.56. The summed E-state index contributed by atoms with van der Waals surface area (Å²) in [5, 5.41) is 13.7. The van der Waals surface area contributed by atoms with Crippen molar-refractivity contribution < 1.29 is 4.79 Å². The smallest absolute Gasteiger partial charge is 0.221 e. The number of amides is 1. The predicted octanol–water partition coefficient (Wildman–Crippen LogP) is -0.527. The number of nitrogens with zero attached hydrogens (tertiary/aromatic N) is 3. The van der Waals surface area contributed by atoms with E-state index in [1.807, 2.05) is 18.5 Å². The Morgan fingerprint density at radius 3 is 2.94 bits per heavy atom. The van der Waals surface area contributed by atoms with Crippen LogP contribution in [0.2, 0.25) is 0 Å². The van der Waals surface area contributed by atoms with Crippen LogP contribution < -0.4 is 10.6 Å². The van der Waals surface area contributed by atoms with E-state index in [9.17, 15) is 4.79 Å². The quantitative estimate of drug-likeness (QED) is 0.612. The van der Waals surface area contributed by atoms with Crippen molar-refractivity contribution in [2.24, 2.45) is 7.05 Å². The fraction of sp³-hybridized carbons (Fsp3) is 0.700. The summed E-state index contributed by atoms with van der Waals surface area (Å²) in [5.74, 6) is 1.04. The highest BCUT2D eigenvalue weighted by molar-refractivity contribution is 5.75. The Kier molecular flexibility index (Phi) is 5.49.